The fraction of sp³-hybridized carbons (Fsp3) is 0.632. The summed E-state index contributed by atoms with van der Waals surface area (Å²) in [7, 11) is 0. The normalized spacial score (nSPS) is 15.7. The molecular weight excluding hydrogens is 244 g/mol. The highest BCUT2D eigenvalue weighted by Crippen LogP contribution is 2.18. The van der Waals surface area contributed by atoms with Gasteiger partial charge in [-0.3, -0.25) is 4.79 Å². The molecule has 0 amide bonds. The van der Waals surface area contributed by atoms with Crippen molar-refractivity contribution in [1.82, 2.24) is 0 Å². The number of carbonyl (C=O) groups excluding carboxylic acids is 1. The highest BCUT2D eigenvalue weighted by Gasteiger charge is 2.08. The Morgan fingerprint density at radius 3 is 2.70 bits per heavy atom. The Balaban J connectivity index is 2.09. The lowest BCUT2D eigenvalue weighted by atomic mass is 9.95. The van der Waals surface area contributed by atoms with Crippen molar-refractivity contribution in [3.63, 3.8) is 0 Å². The van der Waals surface area contributed by atoms with E-state index in [1.807, 2.05) is 6.08 Å². The van der Waals surface area contributed by atoms with E-state index in [1.54, 1.807) is 0 Å². The van der Waals surface area contributed by atoms with Crippen LogP contribution in [0.15, 0.2) is 35.5 Å². The van der Waals surface area contributed by atoms with Gasteiger partial charge in [-0.15, -0.1) is 0 Å². The summed E-state index contributed by atoms with van der Waals surface area (Å²) >= 11 is 0. The van der Waals surface area contributed by atoms with Gasteiger partial charge in [0.15, 0.2) is 5.78 Å². The van der Waals surface area contributed by atoms with Crippen LogP contribution < -0.4 is 0 Å². The number of unbranched alkanes of at least 4 members (excludes halogenated alkanes) is 1. The Hall–Kier alpha value is -1.11. The lowest BCUT2D eigenvalue weighted by Crippen LogP contribution is -2.03. The van der Waals surface area contributed by atoms with Gasteiger partial charge in [0.05, 0.1) is 0 Å². The van der Waals surface area contributed by atoms with E-state index >= 15 is 0 Å². The topological polar surface area (TPSA) is 17.1 Å². The molecular formula is C19H30O. The summed E-state index contributed by atoms with van der Waals surface area (Å²) in [5.41, 5.74) is 2.35. The van der Waals surface area contributed by atoms with Crippen LogP contribution in [0.2, 0.25) is 0 Å². The highest BCUT2D eigenvalue weighted by molar-refractivity contribution is 5.98. The van der Waals surface area contributed by atoms with Crippen molar-refractivity contribution in [3.8, 4) is 0 Å². The zero-order chi connectivity index (χ0) is 14.8. The second-order valence-electron chi connectivity index (χ2n) is 6.27. The fourth-order valence-electron chi connectivity index (χ4n) is 2.54. The molecule has 0 aromatic carbocycles. The van der Waals surface area contributed by atoms with E-state index in [-0.39, 0.29) is 0 Å². The van der Waals surface area contributed by atoms with E-state index in [2.05, 4.69) is 39.0 Å². The van der Waals surface area contributed by atoms with Gasteiger partial charge in [0, 0.05) is 12.0 Å². The van der Waals surface area contributed by atoms with Crippen LogP contribution in [0, 0.1) is 5.92 Å². The molecule has 0 aliphatic heterocycles. The molecule has 0 aromatic rings. The van der Waals surface area contributed by atoms with Crippen molar-refractivity contribution in [2.24, 2.45) is 5.92 Å². The molecule has 0 aromatic heterocycles. The number of ketones is 1. The first kappa shape index (κ1) is 16.9. The highest BCUT2D eigenvalue weighted by atomic mass is 16.1. The molecule has 20 heavy (non-hydrogen) atoms. The second-order valence-corrected chi connectivity index (χ2v) is 6.27. The number of allylic oxidation sites excluding steroid dienone is 6. The Bertz CT molecular complexity index is 381. The van der Waals surface area contributed by atoms with Gasteiger partial charge in [0.1, 0.15) is 0 Å². The van der Waals surface area contributed by atoms with Gasteiger partial charge in [-0.1, -0.05) is 49.6 Å². The van der Waals surface area contributed by atoms with E-state index < -0.39 is 0 Å². The smallest absolute Gasteiger partial charge is 0.162 e. The molecule has 0 saturated heterocycles. The summed E-state index contributed by atoms with van der Waals surface area (Å²) < 4.78 is 0. The molecule has 112 valence electrons. The van der Waals surface area contributed by atoms with Crippen molar-refractivity contribution < 1.29 is 4.79 Å². The Labute approximate surface area is 124 Å². The maximum absolute atomic E-state index is 12.0. The summed E-state index contributed by atoms with van der Waals surface area (Å²) in [6, 6.07) is 0. The minimum Gasteiger partial charge on any atom is -0.294 e. The van der Waals surface area contributed by atoms with Crippen molar-refractivity contribution in [2.45, 2.75) is 72.1 Å². The molecule has 1 rings (SSSR count). The molecule has 0 N–H and O–H groups in total. The standard InChI is InChI=1S/C19H30O/c1-16(2)10-9-12-17(3)11-7-8-15-19(20)18-13-5-4-6-14-18/h5,10,13-14,17H,4,6-9,11-12,15H2,1-3H3/t17-/m0/s1. The van der Waals surface area contributed by atoms with Crippen LogP contribution in [0.25, 0.3) is 0 Å². The Morgan fingerprint density at radius 2 is 2.05 bits per heavy atom. The first-order valence-electron chi connectivity index (χ1n) is 8.13. The first-order chi connectivity index (χ1) is 9.59. The molecule has 0 heterocycles. The van der Waals surface area contributed by atoms with Gasteiger partial charge >= 0.3 is 0 Å². The maximum Gasteiger partial charge on any atom is 0.162 e. The number of rotatable bonds is 9. The average Bonchev–Trinajstić information content (AvgIpc) is 2.44. The van der Waals surface area contributed by atoms with Crippen molar-refractivity contribution >= 4 is 5.78 Å². The van der Waals surface area contributed by atoms with Gasteiger partial charge in [-0.2, -0.15) is 0 Å². The third-order valence-electron chi connectivity index (χ3n) is 3.88. The van der Waals surface area contributed by atoms with Crippen molar-refractivity contribution in [1.29, 1.82) is 0 Å². The number of Topliss-reactive ketones (excluding diaryl/α,β-unsaturated/α-hetero) is 1. The van der Waals surface area contributed by atoms with E-state index in [1.165, 1.54) is 31.3 Å². The van der Waals surface area contributed by atoms with E-state index in [0.717, 1.165) is 37.2 Å². The first-order valence-corrected chi connectivity index (χ1v) is 8.13. The summed E-state index contributed by atoms with van der Waals surface area (Å²) in [4.78, 5) is 12.0. The number of hydrogen-bond donors (Lipinski definition) is 0. The second kappa shape index (κ2) is 9.74. The molecule has 0 bridgehead atoms. The van der Waals surface area contributed by atoms with Crippen LogP contribution in [0.5, 0.6) is 0 Å². The summed E-state index contributed by atoms with van der Waals surface area (Å²) in [5, 5.41) is 0. The zero-order valence-corrected chi connectivity index (χ0v) is 13.5. The predicted molar refractivity (Wildman–Crippen MR) is 87.8 cm³/mol. The fourth-order valence-corrected chi connectivity index (χ4v) is 2.54. The van der Waals surface area contributed by atoms with Crippen LogP contribution in [-0.4, -0.2) is 5.78 Å². The monoisotopic (exact) mass is 274 g/mol. The van der Waals surface area contributed by atoms with E-state index in [0.29, 0.717) is 5.78 Å². The minimum atomic E-state index is 0.332. The zero-order valence-electron chi connectivity index (χ0n) is 13.5. The van der Waals surface area contributed by atoms with Gasteiger partial charge < -0.3 is 0 Å². The maximum atomic E-state index is 12.0. The number of carbonyl (C=O) groups is 1. The van der Waals surface area contributed by atoms with Gasteiger partial charge in [-0.25, -0.2) is 0 Å². The quantitative estimate of drug-likeness (QED) is 0.385. The average molecular weight is 274 g/mol. The lowest BCUT2D eigenvalue weighted by molar-refractivity contribution is -0.115. The lowest BCUT2D eigenvalue weighted by Gasteiger charge is -2.10. The van der Waals surface area contributed by atoms with Gasteiger partial charge in [0.2, 0.25) is 0 Å². The number of hydrogen-bond acceptors (Lipinski definition) is 1. The van der Waals surface area contributed by atoms with Crippen molar-refractivity contribution in [2.75, 3.05) is 0 Å². The van der Waals surface area contributed by atoms with E-state index in [4.69, 9.17) is 0 Å². The largest absolute Gasteiger partial charge is 0.294 e. The third kappa shape index (κ3) is 7.47. The van der Waals surface area contributed by atoms with Crippen LogP contribution in [0.4, 0.5) is 0 Å². The molecule has 0 unspecified atom stereocenters. The summed E-state index contributed by atoms with van der Waals surface area (Å²) in [6.45, 7) is 6.64. The Kier molecular flexibility index (Phi) is 8.25. The van der Waals surface area contributed by atoms with Gasteiger partial charge in [-0.05, 0) is 51.9 Å². The Morgan fingerprint density at radius 1 is 1.25 bits per heavy atom. The summed E-state index contributed by atoms with van der Waals surface area (Å²) in [6.07, 6.45) is 17.3. The molecule has 1 nitrogen and oxygen atoms in total. The molecule has 1 atom stereocenters. The molecule has 1 aliphatic rings. The van der Waals surface area contributed by atoms with Crippen LogP contribution in [-0.2, 0) is 4.79 Å². The van der Waals surface area contributed by atoms with Crippen LogP contribution in [0.1, 0.15) is 72.1 Å². The molecule has 0 fully saturated rings. The third-order valence-corrected chi connectivity index (χ3v) is 3.88. The van der Waals surface area contributed by atoms with Crippen LogP contribution >= 0.6 is 0 Å². The molecule has 0 radical (unpaired) electrons. The van der Waals surface area contributed by atoms with Gasteiger partial charge in [0.25, 0.3) is 0 Å². The van der Waals surface area contributed by atoms with E-state index in [9.17, 15) is 4.79 Å². The molecule has 1 aliphatic carbocycles. The summed E-state index contributed by atoms with van der Waals surface area (Å²) in [5.74, 6) is 1.10. The molecule has 0 saturated carbocycles. The van der Waals surface area contributed by atoms with Crippen LogP contribution in [0.3, 0.4) is 0 Å². The SMILES string of the molecule is CC(C)=CCC[C@@H](C)CCCCC(=O)C1=CCCC=C1. The minimum absolute atomic E-state index is 0.332. The predicted octanol–water partition coefficient (Wildman–Crippen LogP) is 5.77. The molecule has 0 spiro atoms. The molecule has 1 heteroatoms. The van der Waals surface area contributed by atoms with Crippen molar-refractivity contribution in [3.05, 3.63) is 35.5 Å².